The van der Waals surface area contributed by atoms with Gasteiger partial charge in [-0.1, -0.05) is 0 Å². The zero-order chi connectivity index (χ0) is 24.9. The summed E-state index contributed by atoms with van der Waals surface area (Å²) in [6.07, 6.45) is -5.10. The largest absolute Gasteiger partial charge is 0.490 e. The van der Waals surface area contributed by atoms with Crippen LogP contribution in [-0.4, -0.2) is 73.8 Å². The number of ether oxygens (including phenoxy) is 1. The van der Waals surface area contributed by atoms with E-state index < -0.39 is 60.2 Å². The minimum absolute atomic E-state index is 0.0281. The van der Waals surface area contributed by atoms with Crippen LogP contribution >= 0.6 is 23.5 Å². The molecule has 33 heavy (non-hydrogen) atoms. The molecule has 18 nitrogen and oxygen atoms in total. The Balaban J connectivity index is 1.75. The lowest BCUT2D eigenvalue weighted by Crippen LogP contribution is -2.33. The Morgan fingerprint density at radius 1 is 1.09 bits per heavy atom. The molecule has 2 aromatic heterocycles. The lowest BCUT2D eigenvalue weighted by atomic mass is 10.1. The summed E-state index contributed by atoms with van der Waals surface area (Å²) < 4.78 is 53.2. The second-order valence-electron chi connectivity index (χ2n) is 6.78. The number of aliphatic hydroxyl groups is 2. The summed E-state index contributed by atoms with van der Waals surface area (Å²) in [7, 11) is -15.3. The fourth-order valence-electron chi connectivity index (χ4n) is 2.90. The Bertz CT molecular complexity index is 1250. The fourth-order valence-corrected chi connectivity index (χ4v) is 5.93. The van der Waals surface area contributed by atoms with Crippen molar-refractivity contribution in [2.45, 2.75) is 31.5 Å². The molecule has 0 radical (unpaired) electrons. The van der Waals surface area contributed by atoms with Gasteiger partial charge >= 0.3 is 23.5 Å². The number of hydrogen-bond donors (Lipinski definition) is 6. The van der Waals surface area contributed by atoms with E-state index >= 15 is 0 Å². The van der Waals surface area contributed by atoms with Crippen molar-refractivity contribution in [3.05, 3.63) is 22.5 Å². The minimum atomic E-state index is -5.72. The Hall–Kier alpha value is -1.36. The predicted molar refractivity (Wildman–Crippen MR) is 103 cm³/mol. The van der Waals surface area contributed by atoms with Gasteiger partial charge in [0.25, 0.3) is 5.56 Å². The van der Waals surface area contributed by atoms with Gasteiger partial charge in [0.2, 0.25) is 0 Å². The summed E-state index contributed by atoms with van der Waals surface area (Å²) in [5, 5.41) is 20.6. The van der Waals surface area contributed by atoms with Crippen molar-refractivity contribution >= 4 is 34.6 Å². The standard InChI is InChI=1S/C12H19N4O14P3/c1-5-14-10-7(11(19)15(5)2)13-4-16(10)12-9(18)8(17)6(28-12)3-27-32(23,24)30-33(25,26)29-31(20,21)22/h4,6,8-9,12,17-18H,3H2,1-2H3,(H,23,24)(H,25,26)(H2,20,21,22). The van der Waals surface area contributed by atoms with Crippen LogP contribution in [0, 0.1) is 6.92 Å². The van der Waals surface area contributed by atoms with Crippen LogP contribution in [0.1, 0.15) is 12.1 Å². The average Bonchev–Trinajstić information content (AvgIpc) is 3.17. The smallest absolute Gasteiger partial charge is 0.387 e. The molecule has 3 rings (SSSR count). The summed E-state index contributed by atoms with van der Waals surface area (Å²) in [4.78, 5) is 56.1. The molecule has 0 saturated carbocycles. The van der Waals surface area contributed by atoms with Crippen molar-refractivity contribution in [1.82, 2.24) is 19.1 Å². The number of aromatic nitrogens is 4. The molecule has 1 aliphatic heterocycles. The number of phosphoric ester groups is 1. The van der Waals surface area contributed by atoms with Gasteiger partial charge in [-0.3, -0.25) is 18.5 Å². The van der Waals surface area contributed by atoms with Crippen molar-refractivity contribution in [3.63, 3.8) is 0 Å². The first kappa shape index (κ1) is 26.2. The summed E-state index contributed by atoms with van der Waals surface area (Å²) in [5.74, 6) is 0.312. The normalized spacial score (nSPS) is 27.5. The van der Waals surface area contributed by atoms with E-state index in [9.17, 15) is 33.6 Å². The Morgan fingerprint density at radius 2 is 1.73 bits per heavy atom. The molecule has 1 fully saturated rings. The van der Waals surface area contributed by atoms with E-state index in [0.29, 0.717) is 5.82 Å². The third kappa shape index (κ3) is 5.83. The Labute approximate surface area is 183 Å². The molecule has 2 aromatic rings. The highest BCUT2D eigenvalue weighted by molar-refractivity contribution is 7.66. The Morgan fingerprint density at radius 3 is 2.33 bits per heavy atom. The maximum absolute atomic E-state index is 12.3. The molecule has 6 unspecified atom stereocenters. The van der Waals surface area contributed by atoms with E-state index in [0.717, 1.165) is 10.9 Å². The van der Waals surface area contributed by atoms with E-state index in [1.54, 1.807) is 6.92 Å². The average molecular weight is 536 g/mol. The number of phosphoric acid groups is 3. The molecule has 1 aliphatic rings. The maximum Gasteiger partial charge on any atom is 0.490 e. The molecule has 0 amide bonds. The van der Waals surface area contributed by atoms with E-state index in [2.05, 4.69) is 23.1 Å². The topological polar surface area (TPSA) is 262 Å². The van der Waals surface area contributed by atoms with Crippen LogP contribution in [0.4, 0.5) is 0 Å². The number of aryl methyl sites for hydroxylation is 1. The molecule has 21 heteroatoms. The van der Waals surface area contributed by atoms with E-state index in [1.165, 1.54) is 11.6 Å². The molecule has 0 spiro atoms. The van der Waals surface area contributed by atoms with E-state index in [-0.39, 0.29) is 11.2 Å². The van der Waals surface area contributed by atoms with E-state index in [4.69, 9.17) is 19.4 Å². The van der Waals surface area contributed by atoms with Gasteiger partial charge in [-0.15, -0.1) is 0 Å². The molecule has 3 heterocycles. The molecular weight excluding hydrogens is 517 g/mol. The van der Waals surface area contributed by atoms with Crippen LogP contribution < -0.4 is 5.56 Å². The van der Waals surface area contributed by atoms with Crippen LogP contribution in [0.3, 0.4) is 0 Å². The van der Waals surface area contributed by atoms with Crippen molar-refractivity contribution in [2.24, 2.45) is 7.05 Å². The SMILES string of the molecule is Cc1nc2c(ncn2C2OC(COP(=O)(O)OP(=O)(O)OP(=O)(O)O)C(O)C2O)c(=O)n1C. The lowest BCUT2D eigenvalue weighted by Gasteiger charge is -2.19. The predicted octanol–water partition coefficient (Wildman–Crippen LogP) is -1.60. The van der Waals surface area contributed by atoms with Crippen molar-refractivity contribution in [1.29, 1.82) is 0 Å². The van der Waals surface area contributed by atoms with Crippen LogP contribution in [0.5, 0.6) is 0 Å². The first-order valence-corrected chi connectivity index (χ1v) is 13.2. The lowest BCUT2D eigenvalue weighted by molar-refractivity contribution is -0.0503. The second-order valence-corrected chi connectivity index (χ2v) is 11.2. The van der Waals surface area contributed by atoms with Crippen LogP contribution in [0.2, 0.25) is 0 Å². The van der Waals surface area contributed by atoms with Crippen LogP contribution in [-0.2, 0) is 38.6 Å². The molecule has 1 saturated heterocycles. The summed E-state index contributed by atoms with van der Waals surface area (Å²) in [6.45, 7) is 0.559. The molecule has 0 aliphatic carbocycles. The number of hydrogen-bond acceptors (Lipinski definition) is 12. The molecular formula is C12H19N4O14P3. The molecule has 186 valence electrons. The molecule has 0 aromatic carbocycles. The summed E-state index contributed by atoms with van der Waals surface area (Å²) in [5.41, 5.74) is -0.501. The van der Waals surface area contributed by atoms with Crippen LogP contribution in [0.25, 0.3) is 11.2 Å². The summed E-state index contributed by atoms with van der Waals surface area (Å²) in [6, 6.07) is 0. The highest BCUT2D eigenvalue weighted by Crippen LogP contribution is 2.66. The van der Waals surface area contributed by atoms with E-state index in [1.807, 2.05) is 0 Å². The van der Waals surface area contributed by atoms with Gasteiger partial charge in [0.1, 0.15) is 24.1 Å². The fraction of sp³-hybridized carbons (Fsp3) is 0.583. The number of rotatable bonds is 8. The Kier molecular flexibility index (Phi) is 7.17. The zero-order valence-corrected chi connectivity index (χ0v) is 19.4. The van der Waals surface area contributed by atoms with Gasteiger partial charge < -0.3 is 34.5 Å². The van der Waals surface area contributed by atoms with Crippen molar-refractivity contribution in [2.75, 3.05) is 6.61 Å². The monoisotopic (exact) mass is 536 g/mol. The summed E-state index contributed by atoms with van der Waals surface area (Å²) >= 11 is 0. The van der Waals surface area contributed by atoms with Crippen LogP contribution in [0.15, 0.2) is 11.1 Å². The van der Waals surface area contributed by atoms with Gasteiger partial charge in [0, 0.05) is 7.05 Å². The highest BCUT2D eigenvalue weighted by atomic mass is 31.3. The van der Waals surface area contributed by atoms with Crippen molar-refractivity contribution < 1.29 is 61.4 Å². The minimum Gasteiger partial charge on any atom is -0.387 e. The maximum atomic E-state index is 12.3. The highest BCUT2D eigenvalue weighted by Gasteiger charge is 2.47. The first-order valence-electron chi connectivity index (χ1n) is 8.71. The molecule has 6 N–H and O–H groups in total. The number of fused-ring (bicyclic) bond motifs is 1. The van der Waals surface area contributed by atoms with Gasteiger partial charge in [-0.2, -0.15) is 8.62 Å². The van der Waals surface area contributed by atoms with Gasteiger partial charge in [0.15, 0.2) is 17.4 Å². The molecule has 6 atom stereocenters. The first-order chi connectivity index (χ1) is 15.0. The molecule has 0 bridgehead atoms. The van der Waals surface area contributed by atoms with Gasteiger partial charge in [0.05, 0.1) is 12.9 Å². The third-order valence-corrected chi connectivity index (χ3v) is 8.26. The zero-order valence-electron chi connectivity index (χ0n) is 16.7. The number of imidazole rings is 1. The van der Waals surface area contributed by atoms with Crippen molar-refractivity contribution in [3.8, 4) is 0 Å². The quantitative estimate of drug-likeness (QED) is 0.207. The number of nitrogens with zero attached hydrogens (tertiary/aromatic N) is 4. The van der Waals surface area contributed by atoms with Gasteiger partial charge in [-0.05, 0) is 6.92 Å². The third-order valence-electron chi connectivity index (χ3n) is 4.46. The second kappa shape index (κ2) is 9.02. The number of aliphatic hydroxyl groups excluding tert-OH is 2. The van der Waals surface area contributed by atoms with Gasteiger partial charge in [-0.25, -0.2) is 23.7 Å².